The Morgan fingerprint density at radius 3 is 2.54 bits per heavy atom. The fraction of sp³-hybridized carbons (Fsp3) is 0.333. The molecule has 4 nitrogen and oxygen atoms in total. The second-order valence-electron chi connectivity index (χ2n) is 7.19. The summed E-state index contributed by atoms with van der Waals surface area (Å²) in [7, 11) is 0. The topological polar surface area (TPSA) is 40.6 Å². The van der Waals surface area contributed by atoms with Crippen molar-refractivity contribution >= 4 is 11.8 Å². The number of nitrogens with zero attached hydrogens (tertiary/aromatic N) is 2. The first kappa shape index (κ1) is 19.9. The first-order valence-electron chi connectivity index (χ1n) is 9.94. The minimum atomic E-state index is -0.247. The van der Waals surface area contributed by atoms with Gasteiger partial charge in [-0.05, 0) is 23.1 Å². The maximum Gasteiger partial charge on any atom is 0.228 e. The second kappa shape index (κ2) is 9.36. The molecule has 0 radical (unpaired) electrons. The molecule has 1 aliphatic rings. The Hall–Kier alpha value is -2.88. The SMILES string of the molecule is C=CCN1CCN(C(=O)CC)C[C@H](Cc2ccccc2-c2ccccc2)C1=O. The molecule has 4 heteroatoms. The molecule has 146 valence electrons. The van der Waals surface area contributed by atoms with Gasteiger partial charge < -0.3 is 9.80 Å². The summed E-state index contributed by atoms with van der Waals surface area (Å²) in [5.74, 6) is -0.0356. The molecule has 28 heavy (non-hydrogen) atoms. The molecule has 1 saturated heterocycles. The predicted molar refractivity (Wildman–Crippen MR) is 113 cm³/mol. The average molecular weight is 377 g/mol. The van der Waals surface area contributed by atoms with Crippen LogP contribution in [0.1, 0.15) is 18.9 Å². The smallest absolute Gasteiger partial charge is 0.228 e. The summed E-state index contributed by atoms with van der Waals surface area (Å²) >= 11 is 0. The highest BCUT2D eigenvalue weighted by Crippen LogP contribution is 2.27. The van der Waals surface area contributed by atoms with Gasteiger partial charge in [-0.3, -0.25) is 9.59 Å². The van der Waals surface area contributed by atoms with Gasteiger partial charge in [-0.1, -0.05) is 67.6 Å². The van der Waals surface area contributed by atoms with Crippen LogP contribution < -0.4 is 0 Å². The normalized spacial score (nSPS) is 17.3. The van der Waals surface area contributed by atoms with Crippen molar-refractivity contribution in [1.29, 1.82) is 0 Å². The van der Waals surface area contributed by atoms with Gasteiger partial charge in [-0.15, -0.1) is 6.58 Å². The van der Waals surface area contributed by atoms with Crippen LogP contribution in [0.4, 0.5) is 0 Å². The van der Waals surface area contributed by atoms with Crippen LogP contribution in [0.5, 0.6) is 0 Å². The van der Waals surface area contributed by atoms with Crippen molar-refractivity contribution in [2.45, 2.75) is 19.8 Å². The average Bonchev–Trinajstić information content (AvgIpc) is 2.89. The van der Waals surface area contributed by atoms with Crippen molar-refractivity contribution in [3.05, 3.63) is 72.8 Å². The van der Waals surface area contributed by atoms with Gasteiger partial charge in [0.25, 0.3) is 0 Å². The van der Waals surface area contributed by atoms with Crippen LogP contribution in [0.3, 0.4) is 0 Å². The fourth-order valence-corrected chi connectivity index (χ4v) is 3.85. The number of rotatable bonds is 6. The molecule has 0 bridgehead atoms. The third kappa shape index (κ3) is 4.50. The lowest BCUT2D eigenvalue weighted by Crippen LogP contribution is -2.38. The molecule has 2 aromatic carbocycles. The van der Waals surface area contributed by atoms with E-state index in [2.05, 4.69) is 30.8 Å². The molecule has 0 N–H and O–H groups in total. The number of benzene rings is 2. The Labute approximate surface area is 167 Å². The van der Waals surface area contributed by atoms with Crippen molar-refractivity contribution in [2.24, 2.45) is 5.92 Å². The first-order chi connectivity index (χ1) is 13.6. The summed E-state index contributed by atoms with van der Waals surface area (Å²) < 4.78 is 0. The Morgan fingerprint density at radius 2 is 1.82 bits per heavy atom. The summed E-state index contributed by atoms with van der Waals surface area (Å²) in [6.45, 7) is 7.79. The van der Waals surface area contributed by atoms with E-state index < -0.39 is 0 Å². The predicted octanol–water partition coefficient (Wildman–Crippen LogP) is 3.78. The highest BCUT2D eigenvalue weighted by atomic mass is 16.2. The van der Waals surface area contributed by atoms with Crippen LogP contribution in [-0.4, -0.2) is 47.8 Å². The van der Waals surface area contributed by atoms with Crippen molar-refractivity contribution < 1.29 is 9.59 Å². The molecular weight excluding hydrogens is 348 g/mol. The molecule has 3 rings (SSSR count). The summed E-state index contributed by atoms with van der Waals surface area (Å²) in [6, 6.07) is 18.5. The second-order valence-corrected chi connectivity index (χ2v) is 7.19. The zero-order chi connectivity index (χ0) is 19.9. The Kier molecular flexibility index (Phi) is 6.64. The molecule has 2 aromatic rings. The number of carbonyl (C=O) groups excluding carboxylic acids is 2. The van der Waals surface area contributed by atoms with Gasteiger partial charge in [0.2, 0.25) is 11.8 Å². The van der Waals surface area contributed by atoms with E-state index in [0.29, 0.717) is 39.0 Å². The van der Waals surface area contributed by atoms with E-state index in [1.165, 1.54) is 0 Å². The van der Waals surface area contributed by atoms with Gasteiger partial charge >= 0.3 is 0 Å². The Bertz CT molecular complexity index is 832. The summed E-state index contributed by atoms with van der Waals surface area (Å²) in [5.41, 5.74) is 3.42. The van der Waals surface area contributed by atoms with Gasteiger partial charge in [0.15, 0.2) is 0 Å². The largest absolute Gasteiger partial charge is 0.340 e. The summed E-state index contributed by atoms with van der Waals surface area (Å²) in [4.78, 5) is 29.2. The molecule has 0 saturated carbocycles. The third-order valence-corrected chi connectivity index (χ3v) is 5.31. The molecular formula is C24H28N2O2. The molecule has 0 aliphatic carbocycles. The first-order valence-corrected chi connectivity index (χ1v) is 9.94. The van der Waals surface area contributed by atoms with Gasteiger partial charge in [0, 0.05) is 32.6 Å². The van der Waals surface area contributed by atoms with Crippen LogP contribution in [0.25, 0.3) is 11.1 Å². The fourth-order valence-electron chi connectivity index (χ4n) is 3.85. The Balaban J connectivity index is 1.91. The summed E-state index contributed by atoms with van der Waals surface area (Å²) in [5, 5.41) is 0. The highest BCUT2D eigenvalue weighted by Gasteiger charge is 2.31. The molecule has 0 spiro atoms. The number of carbonyl (C=O) groups is 2. The minimum absolute atomic E-state index is 0.106. The van der Waals surface area contributed by atoms with Gasteiger partial charge in [0.05, 0.1) is 5.92 Å². The van der Waals surface area contributed by atoms with Crippen LogP contribution in [-0.2, 0) is 16.0 Å². The maximum absolute atomic E-state index is 13.2. The van der Waals surface area contributed by atoms with Gasteiger partial charge in [-0.2, -0.15) is 0 Å². The number of hydrogen-bond acceptors (Lipinski definition) is 2. The van der Waals surface area contributed by atoms with Gasteiger partial charge in [-0.25, -0.2) is 0 Å². The number of hydrogen-bond donors (Lipinski definition) is 0. The van der Waals surface area contributed by atoms with E-state index in [4.69, 9.17) is 0 Å². The Morgan fingerprint density at radius 1 is 1.11 bits per heavy atom. The zero-order valence-corrected chi connectivity index (χ0v) is 16.5. The maximum atomic E-state index is 13.2. The lowest BCUT2D eigenvalue weighted by atomic mass is 9.91. The minimum Gasteiger partial charge on any atom is -0.340 e. The van der Waals surface area contributed by atoms with E-state index in [-0.39, 0.29) is 17.7 Å². The van der Waals surface area contributed by atoms with Crippen molar-refractivity contribution in [3.8, 4) is 11.1 Å². The van der Waals surface area contributed by atoms with E-state index in [0.717, 1.165) is 16.7 Å². The molecule has 1 aliphatic heterocycles. The summed E-state index contributed by atoms with van der Waals surface area (Å²) in [6.07, 6.45) is 2.83. The van der Waals surface area contributed by atoms with Crippen LogP contribution >= 0.6 is 0 Å². The highest BCUT2D eigenvalue weighted by molar-refractivity contribution is 5.83. The van der Waals surface area contributed by atoms with Crippen LogP contribution in [0.2, 0.25) is 0 Å². The molecule has 1 fully saturated rings. The van der Waals surface area contributed by atoms with Crippen LogP contribution in [0.15, 0.2) is 67.3 Å². The number of amides is 2. The van der Waals surface area contributed by atoms with Crippen LogP contribution in [0, 0.1) is 5.92 Å². The monoisotopic (exact) mass is 376 g/mol. The van der Waals surface area contributed by atoms with Crippen molar-refractivity contribution in [2.75, 3.05) is 26.2 Å². The molecule has 0 unspecified atom stereocenters. The zero-order valence-electron chi connectivity index (χ0n) is 16.5. The van der Waals surface area contributed by atoms with E-state index in [1.807, 2.05) is 47.1 Å². The third-order valence-electron chi connectivity index (χ3n) is 5.31. The van der Waals surface area contributed by atoms with E-state index in [1.54, 1.807) is 6.08 Å². The lowest BCUT2D eigenvalue weighted by molar-refractivity contribution is -0.134. The molecule has 0 aromatic heterocycles. The van der Waals surface area contributed by atoms with E-state index >= 15 is 0 Å². The molecule has 1 heterocycles. The molecule has 1 atom stereocenters. The standard InChI is InChI=1S/C24H28N2O2/c1-3-14-25-15-16-26(23(27)4-2)18-21(24(25)28)17-20-12-8-9-13-22(20)19-10-6-5-7-11-19/h3,5-13,21H,1,4,14-18H2,2H3/t21-/m0/s1. The lowest BCUT2D eigenvalue weighted by Gasteiger charge is -2.24. The van der Waals surface area contributed by atoms with Crippen molar-refractivity contribution in [3.63, 3.8) is 0 Å². The van der Waals surface area contributed by atoms with Crippen molar-refractivity contribution in [1.82, 2.24) is 9.80 Å². The van der Waals surface area contributed by atoms with E-state index in [9.17, 15) is 9.59 Å². The quantitative estimate of drug-likeness (QED) is 0.720. The molecule has 2 amide bonds. The van der Waals surface area contributed by atoms with Gasteiger partial charge in [0.1, 0.15) is 0 Å².